The Bertz CT molecular complexity index is 969. The molecule has 2 N–H and O–H groups in total. The van der Waals surface area contributed by atoms with Crippen LogP contribution in [0.3, 0.4) is 0 Å². The molecule has 2 aromatic rings. The zero-order valence-electron chi connectivity index (χ0n) is 15.1. The van der Waals surface area contributed by atoms with Crippen LogP contribution in [0.1, 0.15) is 31.5 Å². The third kappa shape index (κ3) is 3.25. The van der Waals surface area contributed by atoms with E-state index in [2.05, 4.69) is 15.0 Å². The maximum Gasteiger partial charge on any atom is 0.289 e. The van der Waals surface area contributed by atoms with Crippen molar-refractivity contribution in [1.29, 1.82) is 0 Å². The van der Waals surface area contributed by atoms with Crippen LogP contribution in [0.5, 0.6) is 0 Å². The molecule has 0 spiro atoms. The number of nitrogen functional groups attached to an aromatic ring is 1. The normalized spacial score (nSPS) is 17.9. The van der Waals surface area contributed by atoms with Crippen molar-refractivity contribution < 1.29 is 14.3 Å². The van der Waals surface area contributed by atoms with E-state index in [1.165, 1.54) is 6.08 Å². The maximum absolute atomic E-state index is 12.9. The Morgan fingerprint density at radius 2 is 2.11 bits per heavy atom. The lowest BCUT2D eigenvalue weighted by molar-refractivity contribution is -0.138. The van der Waals surface area contributed by atoms with Crippen molar-refractivity contribution in [2.75, 3.05) is 5.73 Å². The molecule has 27 heavy (non-hydrogen) atoms. The van der Waals surface area contributed by atoms with Gasteiger partial charge in [-0.05, 0) is 26.0 Å². The number of carbonyl (C=O) groups is 2. The number of allylic oxidation sites excluding steroid dienone is 1. The summed E-state index contributed by atoms with van der Waals surface area (Å²) in [6.45, 7) is 4.17. The van der Waals surface area contributed by atoms with E-state index in [4.69, 9.17) is 10.5 Å². The van der Waals surface area contributed by atoms with E-state index in [1.807, 2.05) is 12.1 Å². The van der Waals surface area contributed by atoms with Gasteiger partial charge in [0.15, 0.2) is 11.5 Å². The van der Waals surface area contributed by atoms with Gasteiger partial charge in [0.2, 0.25) is 5.95 Å². The zero-order valence-corrected chi connectivity index (χ0v) is 15.1. The summed E-state index contributed by atoms with van der Waals surface area (Å²) in [4.78, 5) is 39.2. The number of ketones is 1. The van der Waals surface area contributed by atoms with Crippen LogP contribution in [0, 0.1) is 0 Å². The molecule has 0 atom stereocenters. The average molecular weight is 365 g/mol. The molecule has 8 nitrogen and oxygen atoms in total. The Labute approximate surface area is 156 Å². The highest BCUT2D eigenvalue weighted by atomic mass is 16.5. The summed E-state index contributed by atoms with van der Waals surface area (Å²) in [7, 11) is 0. The van der Waals surface area contributed by atoms with Gasteiger partial charge in [-0.3, -0.25) is 14.6 Å². The Hall–Kier alpha value is -3.29. The summed E-state index contributed by atoms with van der Waals surface area (Å²) in [6, 6.07) is 3.69. The second-order valence-corrected chi connectivity index (χ2v) is 7.27. The number of rotatable bonds is 2. The number of aromatic nitrogens is 3. The Morgan fingerprint density at radius 1 is 1.30 bits per heavy atom. The van der Waals surface area contributed by atoms with Gasteiger partial charge in [-0.2, -0.15) is 0 Å². The van der Waals surface area contributed by atoms with E-state index in [9.17, 15) is 9.59 Å². The standard InChI is InChI=1S/C19H19N5O3/c1-19(2)7-12(25)6-15(27-19)17(26)24-9-13-14(10-24)22-18(20)23-16(13)11-4-3-5-21-8-11/h3-6,8H,7,9-10H2,1-2H3,(H2,20,22,23). The van der Waals surface area contributed by atoms with E-state index in [0.29, 0.717) is 17.9 Å². The molecule has 2 aromatic heterocycles. The highest BCUT2D eigenvalue weighted by Gasteiger charge is 2.36. The lowest BCUT2D eigenvalue weighted by Crippen LogP contribution is -2.37. The van der Waals surface area contributed by atoms with E-state index < -0.39 is 5.60 Å². The molecule has 2 aliphatic heterocycles. The summed E-state index contributed by atoms with van der Waals surface area (Å²) in [5, 5.41) is 0. The predicted molar refractivity (Wildman–Crippen MR) is 96.8 cm³/mol. The van der Waals surface area contributed by atoms with Gasteiger partial charge >= 0.3 is 0 Å². The molecule has 0 bridgehead atoms. The third-order valence-corrected chi connectivity index (χ3v) is 4.51. The molecule has 0 aromatic carbocycles. The Balaban J connectivity index is 1.65. The number of fused-ring (bicyclic) bond motifs is 1. The van der Waals surface area contributed by atoms with Gasteiger partial charge in [0.05, 0.1) is 24.5 Å². The van der Waals surface area contributed by atoms with Crippen molar-refractivity contribution in [2.45, 2.75) is 39.0 Å². The lowest BCUT2D eigenvalue weighted by atomic mass is 9.98. The van der Waals surface area contributed by atoms with E-state index >= 15 is 0 Å². The van der Waals surface area contributed by atoms with Crippen molar-refractivity contribution >= 4 is 17.6 Å². The van der Waals surface area contributed by atoms with Crippen LogP contribution in [0.15, 0.2) is 36.4 Å². The topological polar surface area (TPSA) is 111 Å². The predicted octanol–water partition coefficient (Wildman–Crippen LogP) is 1.61. The molecule has 2 aliphatic rings. The molecule has 8 heteroatoms. The van der Waals surface area contributed by atoms with Crippen LogP contribution in [0.25, 0.3) is 11.3 Å². The van der Waals surface area contributed by atoms with Gasteiger partial charge in [0, 0.05) is 36.0 Å². The maximum atomic E-state index is 12.9. The molecule has 4 rings (SSSR count). The van der Waals surface area contributed by atoms with Gasteiger partial charge in [0.1, 0.15) is 5.60 Å². The summed E-state index contributed by atoms with van der Waals surface area (Å²) < 4.78 is 5.73. The van der Waals surface area contributed by atoms with Gasteiger partial charge in [-0.25, -0.2) is 9.97 Å². The zero-order chi connectivity index (χ0) is 19.2. The monoisotopic (exact) mass is 365 g/mol. The molecule has 0 radical (unpaired) electrons. The minimum absolute atomic E-state index is 0.0629. The number of amides is 1. The SMILES string of the molecule is CC1(C)CC(=O)C=C(C(=O)N2Cc3nc(N)nc(-c4cccnc4)c3C2)O1. The van der Waals surface area contributed by atoms with Crippen molar-refractivity contribution in [1.82, 2.24) is 19.9 Å². The number of pyridine rings is 1. The number of nitrogens with zero attached hydrogens (tertiary/aromatic N) is 4. The molecule has 0 fully saturated rings. The molecule has 0 unspecified atom stereocenters. The molecular formula is C19H19N5O3. The molecule has 138 valence electrons. The van der Waals surface area contributed by atoms with E-state index in [1.54, 1.807) is 31.1 Å². The first-order valence-corrected chi connectivity index (χ1v) is 8.61. The fraction of sp³-hybridized carbons (Fsp3) is 0.316. The number of nitrogens with two attached hydrogens (primary N) is 1. The Kier molecular flexibility index (Phi) is 3.91. The minimum atomic E-state index is -0.700. The third-order valence-electron chi connectivity index (χ3n) is 4.51. The average Bonchev–Trinajstić information content (AvgIpc) is 3.03. The second-order valence-electron chi connectivity index (χ2n) is 7.27. The highest BCUT2D eigenvalue weighted by Crippen LogP contribution is 2.33. The number of anilines is 1. The van der Waals surface area contributed by atoms with Crippen LogP contribution in [-0.2, 0) is 27.4 Å². The highest BCUT2D eigenvalue weighted by molar-refractivity contribution is 6.02. The summed E-state index contributed by atoms with van der Waals surface area (Å²) >= 11 is 0. The largest absolute Gasteiger partial charge is 0.481 e. The van der Waals surface area contributed by atoms with Crippen LogP contribution in [-0.4, -0.2) is 37.1 Å². The fourth-order valence-corrected chi connectivity index (χ4v) is 3.40. The van der Waals surface area contributed by atoms with E-state index in [-0.39, 0.29) is 36.4 Å². The van der Waals surface area contributed by atoms with Crippen LogP contribution in [0.2, 0.25) is 0 Å². The number of hydrogen-bond donors (Lipinski definition) is 1. The fourth-order valence-electron chi connectivity index (χ4n) is 3.40. The Morgan fingerprint density at radius 3 is 2.81 bits per heavy atom. The first-order chi connectivity index (χ1) is 12.8. The smallest absolute Gasteiger partial charge is 0.289 e. The summed E-state index contributed by atoms with van der Waals surface area (Å²) in [6.07, 6.45) is 4.89. The molecule has 0 saturated carbocycles. The van der Waals surface area contributed by atoms with Gasteiger partial charge in [-0.1, -0.05) is 0 Å². The molecular weight excluding hydrogens is 346 g/mol. The first-order valence-electron chi connectivity index (χ1n) is 8.61. The second kappa shape index (κ2) is 6.15. The minimum Gasteiger partial charge on any atom is -0.481 e. The summed E-state index contributed by atoms with van der Waals surface area (Å²) in [5.41, 5.74) is 8.15. The molecule has 4 heterocycles. The summed E-state index contributed by atoms with van der Waals surface area (Å²) in [5.74, 6) is -0.254. The quantitative estimate of drug-likeness (QED) is 0.860. The van der Waals surface area contributed by atoms with Crippen molar-refractivity contribution in [3.63, 3.8) is 0 Å². The van der Waals surface area contributed by atoms with Gasteiger partial charge < -0.3 is 15.4 Å². The number of ether oxygens (including phenoxy) is 1. The van der Waals surface area contributed by atoms with Crippen molar-refractivity contribution in [3.05, 3.63) is 47.6 Å². The van der Waals surface area contributed by atoms with Crippen LogP contribution in [0.4, 0.5) is 5.95 Å². The molecule has 1 amide bonds. The van der Waals surface area contributed by atoms with E-state index in [0.717, 1.165) is 11.1 Å². The van der Waals surface area contributed by atoms with Gasteiger partial charge in [-0.15, -0.1) is 0 Å². The number of hydrogen-bond acceptors (Lipinski definition) is 7. The molecule has 0 saturated heterocycles. The van der Waals surface area contributed by atoms with Crippen molar-refractivity contribution in [2.24, 2.45) is 0 Å². The van der Waals surface area contributed by atoms with Crippen molar-refractivity contribution in [3.8, 4) is 11.3 Å². The lowest BCUT2D eigenvalue weighted by Gasteiger charge is -2.31. The molecule has 0 aliphatic carbocycles. The van der Waals surface area contributed by atoms with Gasteiger partial charge in [0.25, 0.3) is 5.91 Å². The van der Waals surface area contributed by atoms with Crippen LogP contribution < -0.4 is 5.73 Å². The number of carbonyl (C=O) groups excluding carboxylic acids is 2. The van der Waals surface area contributed by atoms with Crippen LogP contribution >= 0.6 is 0 Å². The first kappa shape index (κ1) is 17.1.